The van der Waals surface area contributed by atoms with Crippen LogP contribution >= 0.6 is 15.9 Å². The molecule has 3 unspecified atom stereocenters. The molecule has 1 aromatic rings. The van der Waals surface area contributed by atoms with Crippen molar-refractivity contribution < 1.29 is 4.39 Å². The maximum atomic E-state index is 13.1. The predicted octanol–water partition coefficient (Wildman–Crippen LogP) is 3.44. The third-order valence-electron chi connectivity index (χ3n) is 3.13. The molecule has 1 aromatic carbocycles. The second-order valence-corrected chi connectivity index (χ2v) is 5.23. The summed E-state index contributed by atoms with van der Waals surface area (Å²) in [6, 6.07) is 6.35. The highest BCUT2D eigenvalue weighted by atomic mass is 79.9. The van der Waals surface area contributed by atoms with Gasteiger partial charge in [-0.3, -0.25) is 0 Å². The fourth-order valence-corrected chi connectivity index (χ4v) is 2.78. The fourth-order valence-electron chi connectivity index (χ4n) is 2.39. The van der Waals surface area contributed by atoms with Crippen LogP contribution in [-0.2, 0) is 0 Å². The number of rotatable bonds is 1. The van der Waals surface area contributed by atoms with Gasteiger partial charge in [0.2, 0.25) is 0 Å². The van der Waals surface area contributed by atoms with Gasteiger partial charge in [0.15, 0.2) is 0 Å². The van der Waals surface area contributed by atoms with Crippen molar-refractivity contribution in [2.45, 2.75) is 38.3 Å². The number of nitrogens with one attached hydrogen (secondary N) is 1. The fraction of sp³-hybridized carbons (Fsp3) is 0.500. The van der Waals surface area contributed by atoms with Crippen LogP contribution in [0.2, 0.25) is 0 Å². The molecule has 0 saturated carbocycles. The van der Waals surface area contributed by atoms with Gasteiger partial charge in [0.1, 0.15) is 5.82 Å². The van der Waals surface area contributed by atoms with E-state index in [0.29, 0.717) is 22.5 Å². The third-order valence-corrected chi connectivity index (χ3v) is 3.74. The lowest BCUT2D eigenvalue weighted by atomic mass is 9.92. The van der Waals surface area contributed by atoms with Crippen LogP contribution in [0.3, 0.4) is 0 Å². The molecule has 1 aliphatic heterocycles. The van der Waals surface area contributed by atoms with E-state index in [4.69, 9.17) is 0 Å². The standard InChI is InChI=1S/C12H15BrFN/c1-7-5-10(8(2)15-7)9-3-4-12(14)11(13)6-9/h3-4,6-8,10,15H,5H2,1-2H3. The Balaban J connectivity index is 2.26. The smallest absolute Gasteiger partial charge is 0.137 e. The quantitative estimate of drug-likeness (QED) is 0.825. The Morgan fingerprint density at radius 2 is 2.13 bits per heavy atom. The molecule has 1 saturated heterocycles. The highest BCUT2D eigenvalue weighted by Gasteiger charge is 2.29. The molecule has 3 heteroatoms. The highest BCUT2D eigenvalue weighted by molar-refractivity contribution is 9.10. The molecule has 15 heavy (non-hydrogen) atoms. The van der Waals surface area contributed by atoms with Crippen molar-refractivity contribution in [1.29, 1.82) is 0 Å². The lowest BCUT2D eigenvalue weighted by molar-refractivity contribution is 0.572. The van der Waals surface area contributed by atoms with Crippen molar-refractivity contribution in [1.82, 2.24) is 5.32 Å². The Morgan fingerprint density at radius 1 is 1.40 bits per heavy atom. The van der Waals surface area contributed by atoms with Crippen LogP contribution in [0.1, 0.15) is 31.7 Å². The van der Waals surface area contributed by atoms with Gasteiger partial charge < -0.3 is 5.32 Å². The molecule has 0 amide bonds. The Hall–Kier alpha value is -0.410. The Bertz CT molecular complexity index is 367. The van der Waals surface area contributed by atoms with Crippen LogP contribution in [-0.4, -0.2) is 12.1 Å². The molecule has 1 heterocycles. The summed E-state index contributed by atoms with van der Waals surface area (Å²) in [5.41, 5.74) is 1.22. The van der Waals surface area contributed by atoms with Crippen molar-refractivity contribution >= 4 is 15.9 Å². The summed E-state index contributed by atoms with van der Waals surface area (Å²) in [5.74, 6) is 0.308. The van der Waals surface area contributed by atoms with Crippen molar-refractivity contribution in [3.63, 3.8) is 0 Å². The summed E-state index contributed by atoms with van der Waals surface area (Å²) in [5, 5.41) is 3.49. The van der Waals surface area contributed by atoms with Gasteiger partial charge in [0.05, 0.1) is 4.47 Å². The minimum Gasteiger partial charge on any atom is -0.311 e. The normalized spacial score (nSPS) is 30.8. The Kier molecular flexibility index (Phi) is 3.12. The zero-order chi connectivity index (χ0) is 11.0. The average Bonchev–Trinajstić information content (AvgIpc) is 2.50. The number of halogens is 2. The maximum Gasteiger partial charge on any atom is 0.137 e. The van der Waals surface area contributed by atoms with Gasteiger partial charge in [-0.15, -0.1) is 0 Å². The van der Waals surface area contributed by atoms with Gasteiger partial charge in [-0.05, 0) is 53.9 Å². The van der Waals surface area contributed by atoms with E-state index in [1.807, 2.05) is 12.1 Å². The summed E-state index contributed by atoms with van der Waals surface area (Å²) in [6.07, 6.45) is 1.12. The molecule has 82 valence electrons. The molecule has 1 N–H and O–H groups in total. The lowest BCUT2D eigenvalue weighted by Gasteiger charge is -2.15. The second kappa shape index (κ2) is 4.22. The molecule has 1 nitrogen and oxygen atoms in total. The minimum atomic E-state index is -0.189. The van der Waals surface area contributed by atoms with Crippen LogP contribution < -0.4 is 5.32 Å². The van der Waals surface area contributed by atoms with Crippen molar-refractivity contribution in [2.24, 2.45) is 0 Å². The van der Waals surface area contributed by atoms with Crippen molar-refractivity contribution in [3.8, 4) is 0 Å². The SMILES string of the molecule is CC1CC(c2ccc(F)c(Br)c2)C(C)N1. The van der Waals surface area contributed by atoms with E-state index in [9.17, 15) is 4.39 Å². The summed E-state index contributed by atoms with van der Waals surface area (Å²) < 4.78 is 13.7. The Morgan fingerprint density at radius 3 is 2.67 bits per heavy atom. The van der Waals surface area contributed by atoms with Gasteiger partial charge >= 0.3 is 0 Å². The van der Waals surface area contributed by atoms with Crippen LogP contribution in [0, 0.1) is 5.82 Å². The van der Waals surface area contributed by atoms with Gasteiger partial charge in [-0.2, -0.15) is 0 Å². The van der Waals surface area contributed by atoms with Gasteiger partial charge in [0.25, 0.3) is 0 Å². The van der Waals surface area contributed by atoms with Crippen molar-refractivity contribution in [3.05, 3.63) is 34.1 Å². The minimum absolute atomic E-state index is 0.189. The summed E-state index contributed by atoms with van der Waals surface area (Å²) in [4.78, 5) is 0. The van der Waals surface area contributed by atoms with Gasteiger partial charge in [-0.1, -0.05) is 6.07 Å². The van der Waals surface area contributed by atoms with E-state index in [2.05, 4.69) is 35.1 Å². The van der Waals surface area contributed by atoms with Crippen LogP contribution in [0.15, 0.2) is 22.7 Å². The van der Waals surface area contributed by atoms with Crippen LogP contribution in [0.5, 0.6) is 0 Å². The number of hydrogen-bond donors (Lipinski definition) is 1. The molecule has 1 fully saturated rings. The van der Waals surface area contributed by atoms with Crippen LogP contribution in [0.25, 0.3) is 0 Å². The molecule has 0 aromatic heterocycles. The number of hydrogen-bond acceptors (Lipinski definition) is 1. The first-order valence-corrected chi connectivity index (χ1v) is 6.08. The van der Waals surface area contributed by atoms with E-state index in [1.54, 1.807) is 0 Å². The Labute approximate surface area is 98.2 Å². The summed E-state index contributed by atoms with van der Waals surface area (Å²) in [6.45, 7) is 4.38. The zero-order valence-electron chi connectivity index (χ0n) is 8.93. The van der Waals surface area contributed by atoms with Gasteiger partial charge in [0, 0.05) is 18.0 Å². The van der Waals surface area contributed by atoms with E-state index in [1.165, 1.54) is 11.6 Å². The molecular weight excluding hydrogens is 257 g/mol. The van der Waals surface area contributed by atoms with Crippen LogP contribution in [0.4, 0.5) is 4.39 Å². The second-order valence-electron chi connectivity index (χ2n) is 4.37. The first-order chi connectivity index (χ1) is 7.08. The molecule has 1 aliphatic rings. The van der Waals surface area contributed by atoms with Gasteiger partial charge in [-0.25, -0.2) is 4.39 Å². The molecule has 0 radical (unpaired) electrons. The third kappa shape index (κ3) is 2.23. The molecular formula is C12H15BrFN. The van der Waals surface area contributed by atoms with E-state index in [0.717, 1.165) is 6.42 Å². The summed E-state index contributed by atoms with van der Waals surface area (Å²) in [7, 11) is 0. The predicted molar refractivity (Wildman–Crippen MR) is 63.5 cm³/mol. The molecule has 2 rings (SSSR count). The lowest BCUT2D eigenvalue weighted by Crippen LogP contribution is -2.26. The van der Waals surface area contributed by atoms with E-state index in [-0.39, 0.29) is 5.82 Å². The topological polar surface area (TPSA) is 12.0 Å². The van der Waals surface area contributed by atoms with Crippen molar-refractivity contribution in [2.75, 3.05) is 0 Å². The number of benzene rings is 1. The first kappa shape index (κ1) is 11.1. The average molecular weight is 272 g/mol. The molecule has 0 spiro atoms. The summed E-state index contributed by atoms with van der Waals surface area (Å²) >= 11 is 3.23. The molecule has 3 atom stereocenters. The molecule has 0 bridgehead atoms. The first-order valence-electron chi connectivity index (χ1n) is 5.29. The van der Waals surface area contributed by atoms with E-state index < -0.39 is 0 Å². The van der Waals surface area contributed by atoms with E-state index >= 15 is 0 Å². The zero-order valence-corrected chi connectivity index (χ0v) is 10.5. The monoisotopic (exact) mass is 271 g/mol. The largest absolute Gasteiger partial charge is 0.311 e. The molecule has 0 aliphatic carbocycles. The highest BCUT2D eigenvalue weighted by Crippen LogP contribution is 2.32. The maximum absolute atomic E-state index is 13.1.